The molecule has 0 radical (unpaired) electrons. The van der Waals surface area contributed by atoms with Crippen LogP contribution in [0.25, 0.3) is 0 Å². The third-order valence-corrected chi connectivity index (χ3v) is 5.01. The largest absolute Gasteiger partial charge is 0.340 e. The van der Waals surface area contributed by atoms with E-state index in [2.05, 4.69) is 5.10 Å². The minimum absolute atomic E-state index is 0. The van der Waals surface area contributed by atoms with Gasteiger partial charge in [0.2, 0.25) is 5.91 Å². The van der Waals surface area contributed by atoms with Crippen LogP contribution in [0.4, 0.5) is 5.69 Å². The molecule has 1 aromatic carbocycles. The van der Waals surface area contributed by atoms with Gasteiger partial charge >= 0.3 is 5.69 Å². The number of carbonyl (C=O) groups excluding carboxylic acids is 1. The summed E-state index contributed by atoms with van der Waals surface area (Å²) in [5.41, 5.74) is 8.24. The minimum atomic E-state index is -0.431. The Labute approximate surface area is 163 Å². The molecule has 1 amide bonds. The standard InChI is InChI=1S/C18H23N5O3.ClH/c1-12-18(23(25)26)13(2)22(20-12)9-8-17(24)21-10-15(16(19)11-21)14-6-4-3-5-7-14;/h3-7,15-16H,8-11,19H2,1-2H3;1H/t15-,16+;/m0./s1. The van der Waals surface area contributed by atoms with Crippen LogP contribution in [0.5, 0.6) is 0 Å². The number of nitrogens with two attached hydrogens (primary N) is 1. The number of amides is 1. The highest BCUT2D eigenvalue weighted by Crippen LogP contribution is 2.27. The van der Waals surface area contributed by atoms with E-state index in [1.165, 1.54) is 4.68 Å². The number of halogens is 1. The Bertz CT molecular complexity index is 824. The molecule has 0 saturated carbocycles. The van der Waals surface area contributed by atoms with Crippen LogP contribution in [0.2, 0.25) is 0 Å². The number of hydrogen-bond donors (Lipinski definition) is 1. The van der Waals surface area contributed by atoms with E-state index in [4.69, 9.17) is 5.73 Å². The third-order valence-electron chi connectivity index (χ3n) is 5.01. The van der Waals surface area contributed by atoms with E-state index < -0.39 is 4.92 Å². The smallest absolute Gasteiger partial charge is 0.312 e. The number of aryl methyl sites for hydroxylation is 2. The number of nitro groups is 1. The Hall–Kier alpha value is -2.45. The number of hydrogen-bond acceptors (Lipinski definition) is 5. The Kier molecular flexibility index (Phi) is 6.56. The average molecular weight is 394 g/mol. The Morgan fingerprint density at radius 3 is 2.56 bits per heavy atom. The van der Waals surface area contributed by atoms with Gasteiger partial charge in [-0.15, -0.1) is 12.4 Å². The Balaban J connectivity index is 0.00000261. The number of likely N-dealkylation sites (tertiary alicyclic amines) is 1. The van der Waals surface area contributed by atoms with Crippen LogP contribution in [-0.2, 0) is 11.3 Å². The molecule has 0 aliphatic carbocycles. The molecule has 3 rings (SSSR count). The van der Waals surface area contributed by atoms with Gasteiger partial charge in [0, 0.05) is 31.5 Å². The summed E-state index contributed by atoms with van der Waals surface area (Å²) in [5.74, 6) is 0.129. The first-order valence-corrected chi connectivity index (χ1v) is 8.65. The maximum atomic E-state index is 12.6. The molecule has 1 fully saturated rings. The van der Waals surface area contributed by atoms with Crippen LogP contribution >= 0.6 is 12.4 Å². The van der Waals surface area contributed by atoms with Gasteiger partial charge in [0.05, 0.1) is 11.5 Å². The SMILES string of the molecule is Cc1nn(CCC(=O)N2C[C@@H](N)[C@H](c3ccccc3)C2)c(C)c1[N+](=O)[O-].Cl. The lowest BCUT2D eigenvalue weighted by Gasteiger charge is -2.16. The van der Waals surface area contributed by atoms with Crippen molar-refractivity contribution < 1.29 is 9.72 Å². The lowest BCUT2D eigenvalue weighted by Crippen LogP contribution is -2.32. The topological polar surface area (TPSA) is 107 Å². The van der Waals surface area contributed by atoms with Crippen molar-refractivity contribution in [2.24, 2.45) is 5.73 Å². The Morgan fingerprint density at radius 2 is 1.96 bits per heavy atom. The molecule has 2 aromatic rings. The molecule has 0 unspecified atom stereocenters. The van der Waals surface area contributed by atoms with E-state index in [-0.39, 0.29) is 42.4 Å². The normalized spacial score (nSPS) is 19.0. The van der Waals surface area contributed by atoms with Gasteiger partial charge in [-0.1, -0.05) is 30.3 Å². The highest BCUT2D eigenvalue weighted by atomic mass is 35.5. The van der Waals surface area contributed by atoms with Gasteiger partial charge in [-0.05, 0) is 19.4 Å². The fourth-order valence-electron chi connectivity index (χ4n) is 3.61. The molecule has 1 aliphatic heterocycles. The van der Waals surface area contributed by atoms with Crippen LogP contribution in [0.3, 0.4) is 0 Å². The first kappa shape index (κ1) is 20.9. The van der Waals surface area contributed by atoms with Crippen LogP contribution in [0.1, 0.15) is 29.3 Å². The molecule has 1 aliphatic rings. The molecular weight excluding hydrogens is 370 g/mol. The van der Waals surface area contributed by atoms with Crippen molar-refractivity contribution in [1.82, 2.24) is 14.7 Å². The summed E-state index contributed by atoms with van der Waals surface area (Å²) in [6.07, 6.45) is 0.243. The second-order valence-corrected chi connectivity index (χ2v) is 6.73. The van der Waals surface area contributed by atoms with Gasteiger partial charge < -0.3 is 10.6 Å². The summed E-state index contributed by atoms with van der Waals surface area (Å²) < 4.78 is 1.54. The number of aromatic nitrogens is 2. The predicted octanol–water partition coefficient (Wildman–Crippen LogP) is 2.17. The second kappa shape index (κ2) is 8.49. The Morgan fingerprint density at radius 1 is 1.30 bits per heavy atom. The van der Waals surface area contributed by atoms with Crippen molar-refractivity contribution in [2.75, 3.05) is 13.1 Å². The summed E-state index contributed by atoms with van der Waals surface area (Å²) >= 11 is 0. The van der Waals surface area contributed by atoms with E-state index >= 15 is 0 Å². The average Bonchev–Trinajstić information content (AvgIpc) is 3.13. The molecule has 2 N–H and O–H groups in total. The molecule has 2 atom stereocenters. The quantitative estimate of drug-likeness (QED) is 0.618. The second-order valence-electron chi connectivity index (χ2n) is 6.73. The maximum Gasteiger partial charge on any atom is 0.312 e. The molecule has 27 heavy (non-hydrogen) atoms. The van der Waals surface area contributed by atoms with Crippen molar-refractivity contribution in [2.45, 2.75) is 38.8 Å². The molecule has 146 valence electrons. The van der Waals surface area contributed by atoms with Gasteiger partial charge in [0.1, 0.15) is 11.4 Å². The number of benzene rings is 1. The van der Waals surface area contributed by atoms with Crippen molar-refractivity contribution in [3.05, 3.63) is 57.4 Å². The molecule has 8 nitrogen and oxygen atoms in total. The zero-order chi connectivity index (χ0) is 18.8. The van der Waals surface area contributed by atoms with E-state index in [9.17, 15) is 14.9 Å². The molecule has 1 saturated heterocycles. The molecule has 9 heteroatoms. The molecular formula is C18H24ClN5O3. The summed E-state index contributed by atoms with van der Waals surface area (Å²) in [4.78, 5) is 25.0. The third kappa shape index (κ3) is 4.28. The predicted molar refractivity (Wildman–Crippen MR) is 104 cm³/mol. The number of carbonyl (C=O) groups is 1. The van der Waals surface area contributed by atoms with Gasteiger partial charge in [-0.25, -0.2) is 0 Å². The van der Waals surface area contributed by atoms with E-state index in [0.29, 0.717) is 31.0 Å². The molecule has 2 heterocycles. The molecule has 0 bridgehead atoms. The van der Waals surface area contributed by atoms with Crippen molar-refractivity contribution in [1.29, 1.82) is 0 Å². The summed E-state index contributed by atoms with van der Waals surface area (Å²) in [6.45, 7) is 4.70. The van der Waals surface area contributed by atoms with Crippen LogP contribution in [0.15, 0.2) is 30.3 Å². The highest BCUT2D eigenvalue weighted by Gasteiger charge is 2.33. The zero-order valence-corrected chi connectivity index (χ0v) is 16.2. The zero-order valence-electron chi connectivity index (χ0n) is 15.4. The number of nitrogens with zero attached hydrogens (tertiary/aromatic N) is 4. The van der Waals surface area contributed by atoms with Gasteiger partial charge in [0.25, 0.3) is 0 Å². The van der Waals surface area contributed by atoms with Crippen molar-refractivity contribution >= 4 is 24.0 Å². The maximum absolute atomic E-state index is 12.6. The fraction of sp³-hybridized carbons (Fsp3) is 0.444. The summed E-state index contributed by atoms with van der Waals surface area (Å²) in [6, 6.07) is 9.89. The van der Waals surface area contributed by atoms with E-state index in [0.717, 1.165) is 5.56 Å². The lowest BCUT2D eigenvalue weighted by molar-refractivity contribution is -0.386. The highest BCUT2D eigenvalue weighted by molar-refractivity contribution is 5.85. The summed E-state index contributed by atoms with van der Waals surface area (Å²) in [7, 11) is 0. The van der Waals surface area contributed by atoms with Crippen molar-refractivity contribution in [3.8, 4) is 0 Å². The van der Waals surface area contributed by atoms with Crippen LogP contribution in [-0.4, -0.2) is 44.6 Å². The first-order chi connectivity index (χ1) is 12.4. The minimum Gasteiger partial charge on any atom is -0.340 e. The molecule has 1 aromatic heterocycles. The van der Waals surface area contributed by atoms with E-state index in [1.54, 1.807) is 18.7 Å². The monoisotopic (exact) mass is 393 g/mol. The van der Waals surface area contributed by atoms with Gasteiger partial charge in [-0.3, -0.25) is 19.6 Å². The van der Waals surface area contributed by atoms with Crippen LogP contribution in [0, 0.1) is 24.0 Å². The van der Waals surface area contributed by atoms with Gasteiger partial charge in [0.15, 0.2) is 0 Å². The first-order valence-electron chi connectivity index (χ1n) is 8.65. The van der Waals surface area contributed by atoms with Crippen LogP contribution < -0.4 is 5.73 Å². The lowest BCUT2D eigenvalue weighted by atomic mass is 9.95. The summed E-state index contributed by atoms with van der Waals surface area (Å²) in [5, 5.41) is 15.3. The fourth-order valence-corrected chi connectivity index (χ4v) is 3.61. The molecule has 0 spiro atoms. The van der Waals surface area contributed by atoms with Crippen molar-refractivity contribution in [3.63, 3.8) is 0 Å². The van der Waals surface area contributed by atoms with E-state index in [1.807, 2.05) is 30.3 Å². The number of rotatable bonds is 5. The van der Waals surface area contributed by atoms with Gasteiger partial charge in [-0.2, -0.15) is 5.10 Å².